The topological polar surface area (TPSA) is 77.2 Å². The molecule has 0 atom stereocenters. The first-order chi connectivity index (χ1) is 13.3. The van der Waals surface area contributed by atoms with Crippen LogP contribution in [0.1, 0.15) is 12.3 Å². The third kappa shape index (κ3) is 5.70. The summed E-state index contributed by atoms with van der Waals surface area (Å²) in [6.45, 7) is -1.48. The minimum Gasteiger partial charge on any atom is -0.482 e. The third-order valence-corrected chi connectivity index (χ3v) is 4.48. The van der Waals surface area contributed by atoms with Crippen LogP contribution in [0, 0.1) is 0 Å². The van der Waals surface area contributed by atoms with Crippen molar-refractivity contribution in [1.82, 2.24) is 10.1 Å². The van der Waals surface area contributed by atoms with Crippen molar-refractivity contribution in [2.24, 2.45) is 0 Å². The Morgan fingerprint density at radius 3 is 2.86 bits per heavy atom. The van der Waals surface area contributed by atoms with Gasteiger partial charge in [0.2, 0.25) is 17.6 Å². The second kappa shape index (κ2) is 8.61. The zero-order chi connectivity index (χ0) is 20.1. The second-order valence-electron chi connectivity index (χ2n) is 5.58. The zero-order valence-corrected chi connectivity index (χ0v) is 15.7. The van der Waals surface area contributed by atoms with Gasteiger partial charge < -0.3 is 14.6 Å². The minimum absolute atomic E-state index is 0.0166. The Balaban J connectivity index is 1.59. The number of carbonyl (C=O) groups excluding carboxylic acids is 1. The summed E-state index contributed by atoms with van der Waals surface area (Å²) in [7, 11) is 0. The highest BCUT2D eigenvalue weighted by Crippen LogP contribution is 2.30. The maximum Gasteiger partial charge on any atom is 0.422 e. The van der Waals surface area contributed by atoms with Crippen molar-refractivity contribution in [2.75, 3.05) is 11.9 Å². The smallest absolute Gasteiger partial charge is 0.422 e. The number of benzene rings is 1. The number of carbonyl (C=O) groups is 1. The number of hydrogen-bond donors (Lipinski definition) is 1. The van der Waals surface area contributed by atoms with Crippen LogP contribution in [-0.2, 0) is 11.2 Å². The van der Waals surface area contributed by atoms with E-state index in [0.717, 1.165) is 4.88 Å². The van der Waals surface area contributed by atoms with E-state index in [4.69, 9.17) is 20.9 Å². The summed E-state index contributed by atoms with van der Waals surface area (Å²) in [5, 5.41) is 8.45. The van der Waals surface area contributed by atoms with Crippen molar-refractivity contribution in [3.8, 4) is 16.5 Å². The van der Waals surface area contributed by atoms with E-state index in [0.29, 0.717) is 5.82 Å². The Morgan fingerprint density at radius 1 is 1.32 bits per heavy atom. The first-order valence-corrected chi connectivity index (χ1v) is 9.21. The van der Waals surface area contributed by atoms with Crippen LogP contribution in [0.2, 0.25) is 5.02 Å². The van der Waals surface area contributed by atoms with Crippen LogP contribution in [0.3, 0.4) is 0 Å². The number of hydrogen-bond acceptors (Lipinski definition) is 6. The van der Waals surface area contributed by atoms with Gasteiger partial charge in [0.05, 0.1) is 10.6 Å². The van der Waals surface area contributed by atoms with E-state index in [1.54, 1.807) is 0 Å². The number of thiophene rings is 1. The molecule has 2 aromatic heterocycles. The number of nitrogens with one attached hydrogen (secondary N) is 1. The van der Waals surface area contributed by atoms with Gasteiger partial charge in [-0.15, -0.1) is 11.3 Å². The number of nitrogens with zero attached hydrogens (tertiary/aromatic N) is 2. The van der Waals surface area contributed by atoms with E-state index in [-0.39, 0.29) is 35.2 Å². The molecule has 28 heavy (non-hydrogen) atoms. The molecule has 2 heterocycles. The average molecular weight is 432 g/mol. The lowest BCUT2D eigenvalue weighted by molar-refractivity contribution is -0.153. The largest absolute Gasteiger partial charge is 0.482 e. The molecule has 1 aromatic carbocycles. The molecule has 3 aromatic rings. The molecule has 1 N–H and O–H groups in total. The molecule has 0 aliphatic heterocycles. The highest BCUT2D eigenvalue weighted by molar-refractivity contribution is 7.13. The van der Waals surface area contributed by atoms with Crippen LogP contribution in [0.4, 0.5) is 18.9 Å². The summed E-state index contributed by atoms with van der Waals surface area (Å²) in [6, 6.07) is 7.63. The Hall–Kier alpha value is -2.59. The molecule has 3 rings (SSSR count). The molecule has 0 bridgehead atoms. The number of amides is 1. The zero-order valence-electron chi connectivity index (χ0n) is 14.1. The Kier molecular flexibility index (Phi) is 6.20. The molecular weight excluding hydrogens is 419 g/mol. The maximum absolute atomic E-state index is 12.4. The number of ether oxygens (including phenoxy) is 1. The highest BCUT2D eigenvalue weighted by Gasteiger charge is 2.29. The van der Waals surface area contributed by atoms with E-state index in [2.05, 4.69) is 15.5 Å². The monoisotopic (exact) mass is 431 g/mol. The quantitative estimate of drug-likeness (QED) is 0.572. The summed E-state index contributed by atoms with van der Waals surface area (Å²) in [4.78, 5) is 17.2. The van der Waals surface area contributed by atoms with Crippen LogP contribution in [-0.4, -0.2) is 28.8 Å². The van der Waals surface area contributed by atoms with Crippen LogP contribution in [0.15, 0.2) is 40.2 Å². The summed E-state index contributed by atoms with van der Waals surface area (Å²) in [5.74, 6) is 0.115. The standard InChI is InChI=1S/C17H13ClF3N3O3S/c18-10-3-4-12(26-9-17(19,20)21)11(8-10)22-14(25)5-6-15-23-16(24-27-15)13-2-1-7-28-13/h1-4,7-8H,5-6,9H2,(H,22,25). The van der Waals surface area contributed by atoms with Gasteiger partial charge in [-0.25, -0.2) is 0 Å². The molecule has 1 amide bonds. The van der Waals surface area contributed by atoms with Crippen LogP contribution < -0.4 is 10.1 Å². The molecule has 0 aliphatic carbocycles. The van der Waals surface area contributed by atoms with Gasteiger partial charge in [0.25, 0.3) is 0 Å². The van der Waals surface area contributed by atoms with E-state index in [9.17, 15) is 18.0 Å². The van der Waals surface area contributed by atoms with E-state index < -0.39 is 18.7 Å². The number of aromatic nitrogens is 2. The van der Waals surface area contributed by atoms with Crippen molar-refractivity contribution in [1.29, 1.82) is 0 Å². The molecule has 0 aliphatic rings. The molecule has 148 valence electrons. The Bertz CT molecular complexity index is 945. The van der Waals surface area contributed by atoms with E-state index in [1.807, 2.05) is 17.5 Å². The predicted octanol–water partition coefficient (Wildman–Crippen LogP) is 4.96. The molecule has 0 unspecified atom stereocenters. The number of aryl methyl sites for hydroxylation is 1. The van der Waals surface area contributed by atoms with Crippen LogP contribution >= 0.6 is 22.9 Å². The SMILES string of the molecule is O=C(CCc1nc(-c2cccs2)no1)Nc1cc(Cl)ccc1OCC(F)(F)F. The van der Waals surface area contributed by atoms with E-state index >= 15 is 0 Å². The minimum atomic E-state index is -4.50. The highest BCUT2D eigenvalue weighted by atomic mass is 35.5. The predicted molar refractivity (Wildman–Crippen MR) is 97.6 cm³/mol. The van der Waals surface area contributed by atoms with Crippen molar-refractivity contribution in [3.63, 3.8) is 0 Å². The Morgan fingerprint density at radius 2 is 2.14 bits per heavy atom. The van der Waals surface area contributed by atoms with Crippen molar-refractivity contribution in [2.45, 2.75) is 19.0 Å². The summed E-state index contributed by atoms with van der Waals surface area (Å²) in [6.07, 6.45) is -4.35. The molecule has 11 heteroatoms. The molecule has 0 spiro atoms. The summed E-state index contributed by atoms with van der Waals surface area (Å²) >= 11 is 7.31. The van der Waals surface area contributed by atoms with Gasteiger partial charge in [-0.05, 0) is 29.6 Å². The van der Waals surface area contributed by atoms with Crippen molar-refractivity contribution >= 4 is 34.5 Å². The van der Waals surface area contributed by atoms with Gasteiger partial charge in [0.15, 0.2) is 6.61 Å². The first kappa shape index (κ1) is 20.2. The van der Waals surface area contributed by atoms with Gasteiger partial charge in [0.1, 0.15) is 5.75 Å². The molecule has 0 saturated carbocycles. The van der Waals surface area contributed by atoms with Gasteiger partial charge >= 0.3 is 6.18 Å². The lowest BCUT2D eigenvalue weighted by Crippen LogP contribution is -2.20. The molecule has 0 saturated heterocycles. The van der Waals surface area contributed by atoms with Crippen molar-refractivity contribution in [3.05, 3.63) is 46.6 Å². The Labute approximate surface area is 166 Å². The fourth-order valence-corrected chi connectivity index (χ4v) is 3.00. The maximum atomic E-state index is 12.4. The number of rotatable bonds is 7. The summed E-state index contributed by atoms with van der Waals surface area (Å²) in [5.41, 5.74) is 0.0477. The van der Waals surface area contributed by atoms with Gasteiger partial charge in [-0.3, -0.25) is 4.79 Å². The lowest BCUT2D eigenvalue weighted by atomic mass is 10.2. The van der Waals surface area contributed by atoms with Crippen molar-refractivity contribution < 1.29 is 27.2 Å². The number of anilines is 1. The van der Waals surface area contributed by atoms with Crippen LogP contribution in [0.5, 0.6) is 5.75 Å². The second-order valence-corrected chi connectivity index (χ2v) is 6.97. The molecule has 0 fully saturated rings. The normalized spacial score (nSPS) is 11.4. The fourth-order valence-electron chi connectivity index (χ4n) is 2.18. The van der Waals surface area contributed by atoms with Gasteiger partial charge in [-0.1, -0.05) is 22.8 Å². The number of halogens is 4. The molecule has 0 radical (unpaired) electrons. The third-order valence-electron chi connectivity index (χ3n) is 3.38. The number of alkyl halides is 3. The van der Waals surface area contributed by atoms with Gasteiger partial charge in [0, 0.05) is 17.9 Å². The first-order valence-electron chi connectivity index (χ1n) is 7.95. The fraction of sp³-hybridized carbons (Fsp3) is 0.235. The van der Waals surface area contributed by atoms with Gasteiger partial charge in [-0.2, -0.15) is 18.2 Å². The molecule has 6 nitrogen and oxygen atoms in total. The van der Waals surface area contributed by atoms with E-state index in [1.165, 1.54) is 29.5 Å². The van der Waals surface area contributed by atoms with Crippen LogP contribution in [0.25, 0.3) is 10.7 Å². The summed E-state index contributed by atoms with van der Waals surface area (Å²) < 4.78 is 46.9. The average Bonchev–Trinajstić information content (AvgIpc) is 3.30. The lowest BCUT2D eigenvalue weighted by Gasteiger charge is -2.14. The molecular formula is C17H13ClF3N3O3S.